The molecule has 4 aromatic carbocycles. The van der Waals surface area contributed by atoms with Gasteiger partial charge in [-0.2, -0.15) is 0 Å². The summed E-state index contributed by atoms with van der Waals surface area (Å²) in [6.45, 7) is 0. The Hall–Kier alpha value is -5.64. The van der Waals surface area contributed by atoms with Gasteiger partial charge in [-0.05, 0) is 59.7 Å². The standard InChI is InChI=1S/C28H20O10/c29-21-11-17(12-22(30)25(21)33)27(35)37-19-7-3-15(4-8-19)1-2-16-5-9-20(10-6-16)38-28(36)18-13-23(31)26(34)24(32)14-18/h1-14,29-34H. The molecule has 0 aliphatic carbocycles. The second-order valence-electron chi connectivity index (χ2n) is 7.98. The van der Waals surface area contributed by atoms with Crippen molar-refractivity contribution >= 4 is 24.1 Å². The highest BCUT2D eigenvalue weighted by molar-refractivity contribution is 5.93. The van der Waals surface area contributed by atoms with Gasteiger partial charge in [-0.15, -0.1) is 0 Å². The summed E-state index contributed by atoms with van der Waals surface area (Å²) < 4.78 is 10.4. The van der Waals surface area contributed by atoms with Crippen molar-refractivity contribution in [2.24, 2.45) is 0 Å². The van der Waals surface area contributed by atoms with E-state index in [0.29, 0.717) is 0 Å². The Bertz CT molecular complexity index is 1370. The molecule has 0 amide bonds. The molecule has 0 unspecified atom stereocenters. The topological polar surface area (TPSA) is 174 Å². The SMILES string of the molecule is O=C(Oc1ccc(C=Cc2ccc(OC(=O)c3cc(O)c(O)c(O)c3)cc2)cc1)c1cc(O)c(O)c(O)c1. The van der Waals surface area contributed by atoms with E-state index in [4.69, 9.17) is 9.47 Å². The van der Waals surface area contributed by atoms with Crippen molar-refractivity contribution in [1.82, 2.24) is 0 Å². The summed E-state index contributed by atoms with van der Waals surface area (Å²) in [5, 5.41) is 56.9. The smallest absolute Gasteiger partial charge is 0.343 e. The lowest BCUT2D eigenvalue weighted by Crippen LogP contribution is -2.08. The van der Waals surface area contributed by atoms with Crippen LogP contribution in [0.3, 0.4) is 0 Å². The van der Waals surface area contributed by atoms with Gasteiger partial charge in [0.15, 0.2) is 34.5 Å². The van der Waals surface area contributed by atoms with Gasteiger partial charge in [0.05, 0.1) is 11.1 Å². The van der Waals surface area contributed by atoms with Gasteiger partial charge < -0.3 is 40.1 Å². The minimum absolute atomic E-state index is 0.143. The summed E-state index contributed by atoms with van der Waals surface area (Å²) in [4.78, 5) is 24.5. The van der Waals surface area contributed by atoms with E-state index in [9.17, 15) is 40.2 Å². The number of carbonyl (C=O) groups is 2. The highest BCUT2D eigenvalue weighted by atomic mass is 16.5. The van der Waals surface area contributed by atoms with E-state index in [1.807, 2.05) is 0 Å². The summed E-state index contributed by atoms with van der Waals surface area (Å²) in [5.74, 6) is -5.29. The number of rotatable bonds is 6. The lowest BCUT2D eigenvalue weighted by atomic mass is 10.1. The first kappa shape index (κ1) is 25.5. The molecular formula is C28H20O10. The number of hydrogen-bond acceptors (Lipinski definition) is 10. The first-order valence-corrected chi connectivity index (χ1v) is 10.9. The van der Waals surface area contributed by atoms with Crippen LogP contribution >= 0.6 is 0 Å². The summed E-state index contributed by atoms with van der Waals surface area (Å²) in [7, 11) is 0. The van der Waals surface area contributed by atoms with E-state index in [-0.39, 0.29) is 22.6 Å². The second kappa shape index (κ2) is 10.5. The van der Waals surface area contributed by atoms with Gasteiger partial charge in [-0.1, -0.05) is 36.4 Å². The lowest BCUT2D eigenvalue weighted by Gasteiger charge is -2.07. The van der Waals surface area contributed by atoms with Crippen molar-refractivity contribution in [1.29, 1.82) is 0 Å². The first-order chi connectivity index (χ1) is 18.1. The van der Waals surface area contributed by atoms with Crippen LogP contribution in [0, 0.1) is 0 Å². The van der Waals surface area contributed by atoms with Crippen molar-refractivity contribution < 1.29 is 49.7 Å². The van der Waals surface area contributed by atoms with Gasteiger partial charge in [0, 0.05) is 0 Å². The van der Waals surface area contributed by atoms with E-state index in [1.54, 1.807) is 60.7 Å². The fourth-order valence-corrected chi connectivity index (χ4v) is 3.26. The molecule has 10 heteroatoms. The van der Waals surface area contributed by atoms with Crippen LogP contribution in [0.2, 0.25) is 0 Å². The average molecular weight is 516 g/mol. The largest absolute Gasteiger partial charge is 0.504 e. The first-order valence-electron chi connectivity index (χ1n) is 10.9. The molecule has 38 heavy (non-hydrogen) atoms. The van der Waals surface area contributed by atoms with E-state index in [2.05, 4.69) is 0 Å². The number of phenols is 6. The zero-order valence-electron chi connectivity index (χ0n) is 19.4. The van der Waals surface area contributed by atoms with Crippen LogP contribution in [-0.4, -0.2) is 42.6 Å². The maximum Gasteiger partial charge on any atom is 0.343 e. The fraction of sp³-hybridized carbons (Fsp3) is 0. The molecule has 0 saturated heterocycles. The Labute approximate surface area is 215 Å². The quantitative estimate of drug-likeness (QED) is 0.0925. The molecule has 192 valence electrons. The third kappa shape index (κ3) is 5.77. The molecule has 0 heterocycles. The molecule has 0 aliphatic heterocycles. The Morgan fingerprint density at radius 1 is 0.500 bits per heavy atom. The van der Waals surface area contributed by atoms with Gasteiger partial charge in [0.25, 0.3) is 0 Å². The number of hydrogen-bond donors (Lipinski definition) is 6. The molecule has 10 nitrogen and oxygen atoms in total. The van der Waals surface area contributed by atoms with Crippen LogP contribution < -0.4 is 9.47 Å². The molecule has 0 aliphatic rings. The molecular weight excluding hydrogens is 496 g/mol. The van der Waals surface area contributed by atoms with Crippen molar-refractivity contribution in [3.05, 3.63) is 95.1 Å². The maximum absolute atomic E-state index is 12.2. The van der Waals surface area contributed by atoms with Gasteiger partial charge in [-0.3, -0.25) is 0 Å². The van der Waals surface area contributed by atoms with Crippen molar-refractivity contribution in [3.63, 3.8) is 0 Å². The van der Waals surface area contributed by atoms with Gasteiger partial charge in [0.1, 0.15) is 11.5 Å². The number of ether oxygens (including phenoxy) is 2. The molecule has 4 aromatic rings. The Kier molecular flexibility index (Phi) is 7.06. The highest BCUT2D eigenvalue weighted by Crippen LogP contribution is 2.36. The number of phenolic OH excluding ortho intramolecular Hbond substituents is 6. The zero-order chi connectivity index (χ0) is 27.4. The van der Waals surface area contributed by atoms with E-state index in [0.717, 1.165) is 35.4 Å². The third-order valence-corrected chi connectivity index (χ3v) is 5.26. The average Bonchev–Trinajstić information content (AvgIpc) is 2.90. The summed E-state index contributed by atoms with van der Waals surface area (Å²) in [6.07, 6.45) is 3.59. The fourth-order valence-electron chi connectivity index (χ4n) is 3.26. The number of esters is 2. The minimum Gasteiger partial charge on any atom is -0.504 e. The molecule has 0 bridgehead atoms. The number of benzene rings is 4. The van der Waals surface area contributed by atoms with Crippen LogP contribution in [-0.2, 0) is 0 Å². The molecule has 4 rings (SSSR count). The van der Waals surface area contributed by atoms with Crippen LogP contribution in [0.15, 0.2) is 72.8 Å². The van der Waals surface area contributed by atoms with Crippen molar-refractivity contribution in [3.8, 4) is 46.0 Å². The molecule has 0 radical (unpaired) electrons. The Morgan fingerprint density at radius 3 is 1.08 bits per heavy atom. The van der Waals surface area contributed by atoms with Gasteiger partial charge in [-0.25, -0.2) is 9.59 Å². The van der Waals surface area contributed by atoms with E-state index >= 15 is 0 Å². The molecule has 0 saturated carbocycles. The predicted octanol–water partition coefficient (Wildman–Crippen LogP) is 4.53. The lowest BCUT2D eigenvalue weighted by molar-refractivity contribution is 0.0724. The molecule has 0 spiro atoms. The zero-order valence-corrected chi connectivity index (χ0v) is 19.4. The van der Waals surface area contributed by atoms with Gasteiger partial charge >= 0.3 is 11.9 Å². The highest BCUT2D eigenvalue weighted by Gasteiger charge is 2.16. The minimum atomic E-state index is -0.835. The maximum atomic E-state index is 12.2. The molecule has 0 fully saturated rings. The number of carbonyl (C=O) groups excluding carboxylic acids is 2. The van der Waals surface area contributed by atoms with Crippen LogP contribution in [0.5, 0.6) is 46.0 Å². The van der Waals surface area contributed by atoms with Crippen LogP contribution in [0.4, 0.5) is 0 Å². The Morgan fingerprint density at radius 2 is 0.789 bits per heavy atom. The normalized spacial score (nSPS) is 10.8. The molecule has 0 atom stereocenters. The number of aromatic hydroxyl groups is 6. The predicted molar refractivity (Wildman–Crippen MR) is 135 cm³/mol. The van der Waals surface area contributed by atoms with Crippen molar-refractivity contribution in [2.45, 2.75) is 0 Å². The summed E-state index contributed by atoms with van der Waals surface area (Å²) >= 11 is 0. The summed E-state index contributed by atoms with van der Waals surface area (Å²) in [5.41, 5.74) is 1.28. The molecule has 0 aromatic heterocycles. The third-order valence-electron chi connectivity index (χ3n) is 5.26. The van der Waals surface area contributed by atoms with E-state index < -0.39 is 46.4 Å². The van der Waals surface area contributed by atoms with Crippen LogP contribution in [0.25, 0.3) is 12.2 Å². The van der Waals surface area contributed by atoms with Crippen LogP contribution in [0.1, 0.15) is 31.8 Å². The van der Waals surface area contributed by atoms with E-state index in [1.165, 1.54) is 0 Å². The van der Waals surface area contributed by atoms with Gasteiger partial charge in [0.2, 0.25) is 0 Å². The monoisotopic (exact) mass is 516 g/mol. The molecule has 6 N–H and O–H groups in total. The Balaban J connectivity index is 1.36. The summed E-state index contributed by atoms with van der Waals surface area (Å²) in [6, 6.07) is 16.9. The second-order valence-corrected chi connectivity index (χ2v) is 7.98. The van der Waals surface area contributed by atoms with Crippen molar-refractivity contribution in [2.75, 3.05) is 0 Å².